The molecule has 8 heteroatoms. The number of hydrogen-bond donors (Lipinski definition) is 2. The molecule has 2 amide bonds. The number of hydrogen-bond acceptors (Lipinski definition) is 4. The highest BCUT2D eigenvalue weighted by atomic mass is 32.2. The van der Waals surface area contributed by atoms with Crippen LogP contribution in [-0.4, -0.2) is 26.4 Å². The van der Waals surface area contributed by atoms with Crippen LogP contribution in [0.25, 0.3) is 5.69 Å². The van der Waals surface area contributed by atoms with Crippen LogP contribution in [0.5, 0.6) is 0 Å². The van der Waals surface area contributed by atoms with E-state index in [1.54, 1.807) is 18.7 Å². The van der Waals surface area contributed by atoms with Gasteiger partial charge in [-0.2, -0.15) is 0 Å². The molecule has 7 nitrogen and oxygen atoms in total. The Labute approximate surface area is 171 Å². The highest BCUT2D eigenvalue weighted by molar-refractivity contribution is 8.01. The molecule has 0 fully saturated rings. The summed E-state index contributed by atoms with van der Waals surface area (Å²) in [5, 5.41) is 4.99. The number of thioether (sulfide) groups is 1. The number of amides is 2. The van der Waals surface area contributed by atoms with E-state index in [1.165, 1.54) is 16.4 Å². The van der Waals surface area contributed by atoms with Gasteiger partial charge >= 0.3 is 0 Å². The van der Waals surface area contributed by atoms with Gasteiger partial charge in [-0.25, -0.2) is 4.68 Å². The molecule has 29 heavy (non-hydrogen) atoms. The number of anilines is 2. The van der Waals surface area contributed by atoms with Crippen molar-refractivity contribution in [3.63, 3.8) is 0 Å². The van der Waals surface area contributed by atoms with Crippen LogP contribution in [0.2, 0.25) is 0 Å². The number of aromatic nitrogens is 2. The molecule has 0 unspecified atom stereocenters. The largest absolute Gasteiger partial charge is 0.324 e. The molecule has 2 heterocycles. The molecular formula is C21H20N4O3S. The molecule has 0 saturated carbocycles. The monoisotopic (exact) mass is 408 g/mol. The maximum Gasteiger partial charge on any atom is 0.295 e. The average molecular weight is 408 g/mol. The Morgan fingerprint density at radius 1 is 1.10 bits per heavy atom. The van der Waals surface area contributed by atoms with E-state index in [0.29, 0.717) is 11.4 Å². The third-order valence-corrected chi connectivity index (χ3v) is 6.17. The second-order valence-corrected chi connectivity index (χ2v) is 8.03. The molecular weight excluding hydrogens is 388 g/mol. The normalized spacial score (nSPS) is 15.5. The van der Waals surface area contributed by atoms with Crippen molar-refractivity contribution in [1.82, 2.24) is 9.36 Å². The Balaban J connectivity index is 1.54. The third-order valence-electron chi connectivity index (χ3n) is 4.90. The van der Waals surface area contributed by atoms with Crippen LogP contribution in [0, 0.1) is 6.92 Å². The summed E-state index contributed by atoms with van der Waals surface area (Å²) in [7, 11) is 1.76. The number of carbonyl (C=O) groups is 2. The first-order valence-electron chi connectivity index (χ1n) is 9.16. The molecule has 1 aromatic heterocycles. The standard InChI is InChI=1S/C21H20N4O3S/c1-13-19(21(28)25(24(13)2)14-8-4-3-5-9-14)23-18(26)12-17-20(27)22-15-10-6-7-11-16(15)29-17/h3-11,17H,12H2,1-2H3,(H,22,27)(H,23,26)/t17-/m0/s1. The summed E-state index contributed by atoms with van der Waals surface area (Å²) >= 11 is 1.36. The van der Waals surface area contributed by atoms with Gasteiger partial charge in [0.1, 0.15) is 5.69 Å². The van der Waals surface area contributed by atoms with Gasteiger partial charge in [0.15, 0.2) is 0 Å². The minimum absolute atomic E-state index is 0.0239. The van der Waals surface area contributed by atoms with Gasteiger partial charge in [-0.1, -0.05) is 30.3 Å². The van der Waals surface area contributed by atoms with Gasteiger partial charge in [0.25, 0.3) is 5.56 Å². The topological polar surface area (TPSA) is 85.1 Å². The summed E-state index contributed by atoms with van der Waals surface area (Å²) in [5.41, 5.74) is 2.02. The lowest BCUT2D eigenvalue weighted by Gasteiger charge is -2.23. The van der Waals surface area contributed by atoms with E-state index in [2.05, 4.69) is 10.6 Å². The molecule has 1 atom stereocenters. The Kier molecular flexibility index (Phi) is 5.02. The molecule has 1 aliphatic rings. The van der Waals surface area contributed by atoms with Crippen LogP contribution in [0.3, 0.4) is 0 Å². The van der Waals surface area contributed by atoms with E-state index in [4.69, 9.17) is 0 Å². The zero-order valence-corrected chi connectivity index (χ0v) is 16.8. The van der Waals surface area contributed by atoms with Crippen LogP contribution in [0.1, 0.15) is 12.1 Å². The number of para-hydroxylation sites is 2. The van der Waals surface area contributed by atoms with Crippen molar-refractivity contribution >= 4 is 35.0 Å². The van der Waals surface area contributed by atoms with Crippen LogP contribution < -0.4 is 16.2 Å². The van der Waals surface area contributed by atoms with E-state index in [-0.39, 0.29) is 29.5 Å². The number of fused-ring (bicyclic) bond motifs is 1. The molecule has 148 valence electrons. The number of benzene rings is 2. The molecule has 2 aromatic carbocycles. The quantitative estimate of drug-likeness (QED) is 0.695. The fraction of sp³-hybridized carbons (Fsp3) is 0.190. The maximum absolute atomic E-state index is 12.9. The van der Waals surface area contributed by atoms with E-state index >= 15 is 0 Å². The lowest BCUT2D eigenvalue weighted by atomic mass is 10.2. The average Bonchev–Trinajstić information content (AvgIpc) is 2.92. The number of carbonyl (C=O) groups excluding carboxylic acids is 2. The Morgan fingerprint density at radius 3 is 2.55 bits per heavy atom. The zero-order chi connectivity index (χ0) is 20.5. The third kappa shape index (κ3) is 3.58. The second kappa shape index (κ2) is 7.63. The summed E-state index contributed by atoms with van der Waals surface area (Å²) in [4.78, 5) is 38.8. The highest BCUT2D eigenvalue weighted by Gasteiger charge is 2.29. The van der Waals surface area contributed by atoms with Crippen LogP contribution in [-0.2, 0) is 16.6 Å². The smallest absolute Gasteiger partial charge is 0.295 e. The summed E-state index contributed by atoms with van der Waals surface area (Å²) < 4.78 is 3.20. The predicted octanol–water partition coefficient (Wildman–Crippen LogP) is 2.93. The Morgan fingerprint density at radius 2 is 1.79 bits per heavy atom. The maximum atomic E-state index is 12.9. The van der Waals surface area contributed by atoms with Crippen molar-refractivity contribution in [3.8, 4) is 5.69 Å². The van der Waals surface area contributed by atoms with Crippen molar-refractivity contribution in [2.75, 3.05) is 10.6 Å². The molecule has 0 bridgehead atoms. The molecule has 4 rings (SSSR count). The van der Waals surface area contributed by atoms with Crippen LogP contribution in [0.15, 0.2) is 64.3 Å². The van der Waals surface area contributed by atoms with Gasteiger partial charge in [0.05, 0.1) is 22.3 Å². The first-order valence-corrected chi connectivity index (χ1v) is 10.0. The number of rotatable bonds is 4. The Bertz CT molecular complexity index is 1150. The lowest BCUT2D eigenvalue weighted by molar-refractivity contribution is -0.120. The Hall–Kier alpha value is -3.26. The fourth-order valence-corrected chi connectivity index (χ4v) is 4.41. The summed E-state index contributed by atoms with van der Waals surface area (Å²) in [6, 6.07) is 16.7. The minimum Gasteiger partial charge on any atom is -0.324 e. The number of nitrogens with zero attached hydrogens (tertiary/aromatic N) is 2. The van der Waals surface area contributed by atoms with Gasteiger partial charge in [-0.3, -0.25) is 19.1 Å². The second-order valence-electron chi connectivity index (χ2n) is 6.78. The number of nitrogens with one attached hydrogen (secondary N) is 2. The van der Waals surface area contributed by atoms with Crippen LogP contribution in [0.4, 0.5) is 11.4 Å². The highest BCUT2D eigenvalue weighted by Crippen LogP contribution is 2.36. The summed E-state index contributed by atoms with van der Waals surface area (Å²) in [6.07, 6.45) is -0.0239. The molecule has 1 aliphatic heterocycles. The fourth-order valence-electron chi connectivity index (χ4n) is 3.30. The van der Waals surface area contributed by atoms with Crippen LogP contribution >= 0.6 is 11.8 Å². The van der Waals surface area contributed by atoms with Gasteiger partial charge in [-0.15, -0.1) is 11.8 Å². The summed E-state index contributed by atoms with van der Waals surface area (Å²) in [5.74, 6) is -0.585. The first kappa shape index (κ1) is 19.1. The van der Waals surface area contributed by atoms with E-state index in [0.717, 1.165) is 10.6 Å². The van der Waals surface area contributed by atoms with Crippen molar-refractivity contribution in [3.05, 3.63) is 70.6 Å². The van der Waals surface area contributed by atoms with E-state index in [9.17, 15) is 14.4 Å². The van der Waals surface area contributed by atoms with Crippen molar-refractivity contribution < 1.29 is 9.59 Å². The van der Waals surface area contributed by atoms with Crippen molar-refractivity contribution in [1.29, 1.82) is 0 Å². The molecule has 2 N–H and O–H groups in total. The van der Waals surface area contributed by atoms with E-state index < -0.39 is 5.25 Å². The zero-order valence-electron chi connectivity index (χ0n) is 16.0. The van der Waals surface area contributed by atoms with Crippen molar-refractivity contribution in [2.24, 2.45) is 7.05 Å². The molecule has 0 aliphatic carbocycles. The predicted molar refractivity (Wildman–Crippen MR) is 114 cm³/mol. The van der Waals surface area contributed by atoms with Gasteiger partial charge in [0.2, 0.25) is 11.8 Å². The molecule has 0 saturated heterocycles. The lowest BCUT2D eigenvalue weighted by Crippen LogP contribution is -2.33. The van der Waals surface area contributed by atoms with E-state index in [1.807, 2.05) is 54.6 Å². The van der Waals surface area contributed by atoms with Crippen molar-refractivity contribution in [2.45, 2.75) is 23.5 Å². The molecule has 0 spiro atoms. The van der Waals surface area contributed by atoms with Gasteiger partial charge < -0.3 is 10.6 Å². The molecule has 0 radical (unpaired) electrons. The SMILES string of the molecule is Cc1c(NC(=O)C[C@@H]2Sc3ccccc3NC2=O)c(=O)n(-c2ccccc2)n1C. The first-order chi connectivity index (χ1) is 14.0. The summed E-state index contributed by atoms with van der Waals surface area (Å²) in [6.45, 7) is 1.77. The van der Waals surface area contributed by atoms with Gasteiger partial charge in [-0.05, 0) is 31.2 Å². The minimum atomic E-state index is -0.551. The molecule has 3 aromatic rings. The van der Waals surface area contributed by atoms with Gasteiger partial charge in [0, 0.05) is 18.4 Å².